The van der Waals surface area contributed by atoms with Crippen molar-refractivity contribution in [2.45, 2.75) is 71.1 Å². The van der Waals surface area contributed by atoms with Crippen molar-refractivity contribution in [3.8, 4) is 0 Å². The van der Waals surface area contributed by atoms with Gasteiger partial charge in [0.1, 0.15) is 6.04 Å². The topological polar surface area (TPSA) is 89.9 Å². The zero-order valence-electron chi connectivity index (χ0n) is 18.9. The molecule has 6 nitrogen and oxygen atoms in total. The van der Waals surface area contributed by atoms with Crippen LogP contribution in [0.15, 0.2) is 24.3 Å². The first-order valence-electron chi connectivity index (χ1n) is 11.2. The lowest BCUT2D eigenvalue weighted by Crippen LogP contribution is -2.61. The van der Waals surface area contributed by atoms with Crippen LogP contribution >= 0.6 is 11.6 Å². The third-order valence-corrected chi connectivity index (χ3v) is 7.38. The van der Waals surface area contributed by atoms with Crippen LogP contribution in [-0.4, -0.2) is 52.2 Å². The second-order valence-corrected chi connectivity index (χ2v) is 10.5. The Hall–Kier alpha value is -1.63. The zero-order valence-corrected chi connectivity index (χ0v) is 19.7. The number of aliphatic hydroxyl groups excluding tert-OH is 1. The molecule has 3 N–H and O–H groups in total. The van der Waals surface area contributed by atoms with Crippen molar-refractivity contribution in [2.75, 3.05) is 13.1 Å². The molecule has 0 bridgehead atoms. The van der Waals surface area contributed by atoms with Crippen LogP contribution < -0.4 is 5.32 Å². The van der Waals surface area contributed by atoms with Gasteiger partial charge in [0.05, 0.1) is 17.6 Å². The van der Waals surface area contributed by atoms with Gasteiger partial charge >= 0.3 is 0 Å². The fourth-order valence-corrected chi connectivity index (χ4v) is 5.11. The first-order chi connectivity index (χ1) is 14.5. The molecule has 2 aliphatic rings. The lowest BCUT2D eigenvalue weighted by atomic mass is 9.66. The Kier molecular flexibility index (Phi) is 7.04. The summed E-state index contributed by atoms with van der Waals surface area (Å²) < 4.78 is 0. The molecule has 1 aromatic rings. The molecule has 2 fully saturated rings. The summed E-state index contributed by atoms with van der Waals surface area (Å²) in [7, 11) is 0. The molecule has 31 heavy (non-hydrogen) atoms. The van der Waals surface area contributed by atoms with E-state index < -0.39 is 29.1 Å². The van der Waals surface area contributed by atoms with Gasteiger partial charge in [0.15, 0.2) is 0 Å². The minimum absolute atomic E-state index is 0.0878. The van der Waals surface area contributed by atoms with Gasteiger partial charge in [-0.15, -0.1) is 0 Å². The number of amides is 2. The number of likely N-dealkylation sites (tertiary alicyclic amines) is 1. The minimum atomic E-state index is -1.08. The van der Waals surface area contributed by atoms with E-state index in [1.54, 1.807) is 17.0 Å². The van der Waals surface area contributed by atoms with Gasteiger partial charge in [-0.05, 0) is 49.3 Å². The van der Waals surface area contributed by atoms with Crippen LogP contribution in [0.4, 0.5) is 0 Å². The lowest BCUT2D eigenvalue weighted by molar-refractivity contribution is -0.157. The molecule has 172 valence electrons. The Morgan fingerprint density at radius 1 is 1.19 bits per heavy atom. The molecular weight excluding hydrogens is 416 g/mol. The van der Waals surface area contributed by atoms with E-state index in [0.29, 0.717) is 37.4 Å². The Morgan fingerprint density at radius 2 is 1.84 bits per heavy atom. The predicted molar refractivity (Wildman–Crippen MR) is 120 cm³/mol. The van der Waals surface area contributed by atoms with E-state index in [1.807, 2.05) is 39.8 Å². The molecule has 1 aliphatic carbocycles. The van der Waals surface area contributed by atoms with Crippen LogP contribution in [0.2, 0.25) is 5.02 Å². The first-order valence-corrected chi connectivity index (χ1v) is 11.6. The SMILES string of the molecule is CC(C)[C@@H](NC(=O)[C@@H]1CCC[C@H]1O)C(=O)N1CC[C@](O)(c2ccc(Cl)cc2)C(C)(C)C1. The summed E-state index contributed by atoms with van der Waals surface area (Å²) in [5.74, 6) is -0.912. The number of nitrogens with zero attached hydrogens (tertiary/aromatic N) is 1. The number of hydrogen-bond acceptors (Lipinski definition) is 4. The van der Waals surface area contributed by atoms with Gasteiger partial charge in [-0.2, -0.15) is 0 Å². The second kappa shape index (κ2) is 9.08. The average Bonchev–Trinajstić information content (AvgIpc) is 3.13. The van der Waals surface area contributed by atoms with E-state index in [-0.39, 0.29) is 17.7 Å². The van der Waals surface area contributed by atoms with Gasteiger partial charge in [0, 0.05) is 23.5 Å². The molecule has 1 saturated heterocycles. The number of carbonyl (C=O) groups is 2. The quantitative estimate of drug-likeness (QED) is 0.643. The van der Waals surface area contributed by atoms with E-state index in [1.165, 1.54) is 0 Å². The van der Waals surface area contributed by atoms with Crippen LogP contribution in [0.1, 0.15) is 58.9 Å². The maximum Gasteiger partial charge on any atom is 0.245 e. The number of benzene rings is 1. The maximum atomic E-state index is 13.4. The van der Waals surface area contributed by atoms with Gasteiger partial charge in [0.2, 0.25) is 11.8 Å². The summed E-state index contributed by atoms with van der Waals surface area (Å²) in [4.78, 5) is 27.9. The number of nitrogens with one attached hydrogen (secondary N) is 1. The van der Waals surface area contributed by atoms with E-state index >= 15 is 0 Å². The molecule has 1 heterocycles. The largest absolute Gasteiger partial charge is 0.392 e. The maximum absolute atomic E-state index is 13.4. The van der Waals surface area contributed by atoms with Crippen LogP contribution in [0, 0.1) is 17.3 Å². The molecule has 1 aliphatic heterocycles. The minimum Gasteiger partial charge on any atom is -0.392 e. The number of piperidine rings is 1. The fraction of sp³-hybridized carbons (Fsp3) is 0.667. The van der Waals surface area contributed by atoms with Crippen molar-refractivity contribution in [1.29, 1.82) is 0 Å². The molecule has 0 aromatic heterocycles. The summed E-state index contributed by atoms with van der Waals surface area (Å²) in [6.07, 6.45) is 1.86. The molecule has 0 unspecified atom stereocenters. The monoisotopic (exact) mass is 450 g/mol. The highest BCUT2D eigenvalue weighted by Crippen LogP contribution is 2.46. The molecule has 1 aromatic carbocycles. The van der Waals surface area contributed by atoms with Gasteiger partial charge in [0.25, 0.3) is 0 Å². The first kappa shape index (κ1) is 24.0. The van der Waals surface area contributed by atoms with Crippen molar-refractivity contribution >= 4 is 23.4 Å². The predicted octanol–water partition coefficient (Wildman–Crippen LogP) is 3.09. The number of hydrogen-bond donors (Lipinski definition) is 3. The van der Waals surface area contributed by atoms with Gasteiger partial charge in [-0.3, -0.25) is 9.59 Å². The van der Waals surface area contributed by atoms with E-state index in [2.05, 4.69) is 5.32 Å². The molecule has 0 spiro atoms. The van der Waals surface area contributed by atoms with Crippen molar-refractivity contribution in [3.05, 3.63) is 34.9 Å². The Bertz CT molecular complexity index is 810. The van der Waals surface area contributed by atoms with E-state index in [9.17, 15) is 19.8 Å². The molecule has 4 atom stereocenters. The highest BCUT2D eigenvalue weighted by molar-refractivity contribution is 6.30. The average molecular weight is 451 g/mol. The standard InChI is InChI=1S/C24H35ClN2O4/c1-15(2)20(26-21(29)18-6-5-7-19(18)28)22(30)27-13-12-24(31,23(3,4)14-27)16-8-10-17(25)11-9-16/h8-11,15,18-20,28,31H,5-7,12-14H2,1-4H3,(H,26,29)/t18-,19-,20-,24+/m1/s1. The molecular formula is C24H35ClN2O4. The van der Waals surface area contributed by atoms with Crippen molar-refractivity contribution in [3.63, 3.8) is 0 Å². The molecule has 7 heteroatoms. The lowest BCUT2D eigenvalue weighted by Gasteiger charge is -2.51. The molecule has 2 amide bonds. The normalized spacial score (nSPS) is 29.1. The number of halogens is 1. The van der Waals surface area contributed by atoms with Crippen LogP contribution in [0.25, 0.3) is 0 Å². The number of rotatable bonds is 5. The molecule has 0 radical (unpaired) electrons. The zero-order chi connectivity index (χ0) is 23.0. The summed E-state index contributed by atoms with van der Waals surface area (Å²) in [6, 6.07) is 6.56. The van der Waals surface area contributed by atoms with Crippen molar-refractivity contribution in [1.82, 2.24) is 10.2 Å². The third-order valence-electron chi connectivity index (χ3n) is 7.13. The van der Waals surface area contributed by atoms with E-state index in [0.717, 1.165) is 12.0 Å². The van der Waals surface area contributed by atoms with Gasteiger partial charge in [-0.1, -0.05) is 51.4 Å². The van der Waals surface area contributed by atoms with Crippen LogP contribution in [0.3, 0.4) is 0 Å². The fourth-order valence-electron chi connectivity index (χ4n) is 4.99. The van der Waals surface area contributed by atoms with E-state index in [4.69, 9.17) is 11.6 Å². The Labute approximate surface area is 190 Å². The molecule has 1 saturated carbocycles. The van der Waals surface area contributed by atoms with Gasteiger partial charge < -0.3 is 20.4 Å². The Morgan fingerprint density at radius 3 is 2.35 bits per heavy atom. The third kappa shape index (κ3) is 4.76. The highest BCUT2D eigenvalue weighted by atomic mass is 35.5. The summed E-state index contributed by atoms with van der Waals surface area (Å²) in [5.41, 5.74) is -0.890. The smallest absolute Gasteiger partial charge is 0.245 e. The number of carbonyl (C=O) groups excluding carboxylic acids is 2. The van der Waals surface area contributed by atoms with Gasteiger partial charge in [-0.25, -0.2) is 0 Å². The summed E-state index contributed by atoms with van der Waals surface area (Å²) in [5, 5.41) is 25.1. The molecule has 3 rings (SSSR count). The summed E-state index contributed by atoms with van der Waals surface area (Å²) in [6.45, 7) is 8.50. The Balaban J connectivity index is 1.74. The van der Waals surface area contributed by atoms with Crippen LogP contribution in [0.5, 0.6) is 0 Å². The highest BCUT2D eigenvalue weighted by Gasteiger charge is 2.50. The second-order valence-electron chi connectivity index (χ2n) is 10.1. The summed E-state index contributed by atoms with van der Waals surface area (Å²) >= 11 is 6.01. The number of aliphatic hydroxyl groups is 2. The van der Waals surface area contributed by atoms with Crippen LogP contribution in [-0.2, 0) is 15.2 Å². The van der Waals surface area contributed by atoms with Crippen molar-refractivity contribution < 1.29 is 19.8 Å². The van der Waals surface area contributed by atoms with Crippen molar-refractivity contribution in [2.24, 2.45) is 17.3 Å².